The molecule has 260 valence electrons. The molecule has 0 radical (unpaired) electrons. The van der Waals surface area contributed by atoms with Crippen LogP contribution in [0.3, 0.4) is 0 Å². The van der Waals surface area contributed by atoms with Gasteiger partial charge in [0.25, 0.3) is 0 Å². The molecule has 2 heterocycles. The molecular formula is C52H38N2Si. The molecular weight excluding hydrogens is 681 g/mol. The quantitative estimate of drug-likeness (QED) is 0.160. The van der Waals surface area contributed by atoms with Gasteiger partial charge in [0.2, 0.25) is 0 Å². The zero-order valence-electron chi connectivity index (χ0n) is 30.9. The van der Waals surface area contributed by atoms with Crippen molar-refractivity contribution in [3.63, 3.8) is 0 Å². The van der Waals surface area contributed by atoms with Gasteiger partial charge in [0.1, 0.15) is 8.07 Å². The van der Waals surface area contributed by atoms with Crippen LogP contribution in [-0.4, -0.2) is 18.0 Å². The number of rotatable bonds is 6. The van der Waals surface area contributed by atoms with Gasteiger partial charge >= 0.3 is 0 Å². The maximum absolute atomic E-state index is 5.51. The summed E-state index contributed by atoms with van der Waals surface area (Å²) in [6, 6.07) is 69.9. The van der Waals surface area contributed by atoms with Crippen LogP contribution in [0.15, 0.2) is 194 Å². The lowest BCUT2D eigenvalue weighted by Crippen LogP contribution is -2.51. The van der Waals surface area contributed by atoms with Crippen LogP contribution < -0.4 is 10.5 Å². The molecule has 8 aromatic carbocycles. The van der Waals surface area contributed by atoms with Crippen LogP contribution in [0, 0.1) is 0 Å². The molecule has 0 N–H and O–H groups in total. The summed E-state index contributed by atoms with van der Waals surface area (Å²) in [6.45, 7) is 4.90. The summed E-state index contributed by atoms with van der Waals surface area (Å²) in [5.41, 5.74) is 15.1. The maximum atomic E-state index is 5.51. The zero-order chi connectivity index (χ0) is 36.9. The average Bonchev–Trinajstić information content (AvgIpc) is 3.50. The van der Waals surface area contributed by atoms with E-state index < -0.39 is 8.07 Å². The van der Waals surface area contributed by atoms with E-state index in [0.717, 1.165) is 33.8 Å². The molecule has 0 saturated heterocycles. The minimum atomic E-state index is -2.21. The smallest absolute Gasteiger partial charge is 0.159 e. The number of benzene rings is 8. The lowest BCUT2D eigenvalue weighted by molar-refractivity contribution is 1.21. The third kappa shape index (κ3) is 5.81. The van der Waals surface area contributed by atoms with Gasteiger partial charge in [-0.05, 0) is 96.4 Å². The van der Waals surface area contributed by atoms with Gasteiger partial charge in [0.05, 0.1) is 5.69 Å². The summed E-state index contributed by atoms with van der Waals surface area (Å²) in [4.78, 5) is 10.9. The molecule has 1 aliphatic rings. The van der Waals surface area contributed by atoms with E-state index in [4.69, 9.17) is 9.97 Å². The van der Waals surface area contributed by atoms with Crippen molar-refractivity contribution >= 4 is 29.4 Å². The highest BCUT2D eigenvalue weighted by atomic mass is 28.3. The molecule has 1 aliphatic heterocycles. The third-order valence-electron chi connectivity index (χ3n) is 11.2. The molecule has 0 atom stereocenters. The Morgan fingerprint density at radius 3 is 1.44 bits per heavy atom. The van der Waals surface area contributed by atoms with Crippen molar-refractivity contribution in [2.24, 2.45) is 0 Å². The van der Waals surface area contributed by atoms with Crippen LogP contribution in [-0.2, 0) is 0 Å². The van der Waals surface area contributed by atoms with Crippen LogP contribution >= 0.6 is 0 Å². The first-order valence-electron chi connectivity index (χ1n) is 19.0. The average molecular weight is 719 g/mol. The van der Waals surface area contributed by atoms with E-state index in [1.54, 1.807) is 0 Å². The van der Waals surface area contributed by atoms with Crippen LogP contribution in [0.5, 0.6) is 0 Å². The lowest BCUT2D eigenvalue weighted by atomic mass is 9.92. The van der Waals surface area contributed by atoms with E-state index in [-0.39, 0.29) is 0 Å². The molecule has 3 heteroatoms. The topological polar surface area (TPSA) is 25.8 Å². The Balaban J connectivity index is 1.09. The number of fused-ring (bicyclic) bond motifs is 5. The second kappa shape index (κ2) is 13.3. The first-order chi connectivity index (χ1) is 27.0. The lowest BCUT2D eigenvalue weighted by Gasteiger charge is -2.20. The van der Waals surface area contributed by atoms with E-state index >= 15 is 0 Å². The van der Waals surface area contributed by atoms with E-state index in [1.165, 1.54) is 65.8 Å². The second-order valence-corrected chi connectivity index (χ2v) is 19.2. The van der Waals surface area contributed by atoms with E-state index in [9.17, 15) is 0 Å². The Morgan fingerprint density at radius 1 is 0.364 bits per heavy atom. The van der Waals surface area contributed by atoms with Crippen LogP contribution in [0.1, 0.15) is 0 Å². The Hall–Kier alpha value is -6.68. The Labute approximate surface area is 323 Å². The number of nitrogens with zero attached hydrogens (tertiary/aromatic N) is 2. The van der Waals surface area contributed by atoms with Gasteiger partial charge in [0, 0.05) is 22.0 Å². The Kier molecular flexibility index (Phi) is 7.97. The number of hydrogen-bond acceptors (Lipinski definition) is 2. The third-order valence-corrected chi connectivity index (χ3v) is 14.5. The predicted octanol–water partition coefficient (Wildman–Crippen LogP) is 12.4. The van der Waals surface area contributed by atoms with Crippen LogP contribution in [0.4, 0.5) is 0 Å². The number of hydrogen-bond donors (Lipinski definition) is 0. The monoisotopic (exact) mass is 718 g/mol. The van der Waals surface area contributed by atoms with E-state index in [1.807, 2.05) is 0 Å². The molecule has 0 aliphatic carbocycles. The predicted molar refractivity (Wildman–Crippen MR) is 234 cm³/mol. The van der Waals surface area contributed by atoms with Gasteiger partial charge in [-0.2, -0.15) is 0 Å². The summed E-state index contributed by atoms with van der Waals surface area (Å²) in [5.74, 6) is 0.774. The van der Waals surface area contributed by atoms with Crippen molar-refractivity contribution in [3.8, 4) is 78.3 Å². The Morgan fingerprint density at radius 2 is 0.818 bits per heavy atom. The normalized spacial score (nSPS) is 12.7. The zero-order valence-corrected chi connectivity index (χ0v) is 31.9. The standard InChI is InChI=1S/C52H38N2Si/c1-55(2)50-46-27-13-12-20-37(46)28-29-47(50)48-49(38-21-10-5-11-22-38)53-51(54-52(48)55)42-26-15-24-40(31-42)39-23-14-25-41(30-39)45-33-43(35-16-6-3-7-17-35)32-44(34-45)36-18-8-4-9-19-36/h3-34H,1-2H3. The summed E-state index contributed by atoms with van der Waals surface area (Å²) in [6.07, 6.45) is 0. The van der Waals surface area contributed by atoms with Gasteiger partial charge in [-0.1, -0.05) is 177 Å². The van der Waals surface area contributed by atoms with Crippen molar-refractivity contribution in [2.75, 3.05) is 0 Å². The first kappa shape index (κ1) is 32.9. The van der Waals surface area contributed by atoms with Crippen molar-refractivity contribution in [3.05, 3.63) is 194 Å². The summed E-state index contributed by atoms with van der Waals surface area (Å²) in [5, 5.41) is 5.29. The Bertz CT molecular complexity index is 2820. The van der Waals surface area contributed by atoms with Gasteiger partial charge in [-0.15, -0.1) is 0 Å². The minimum absolute atomic E-state index is 0.774. The molecule has 0 spiro atoms. The molecule has 0 bridgehead atoms. The SMILES string of the molecule is C[Si]1(C)c2nc(-c3cccc(-c4cccc(-c5cc(-c6ccccc6)cc(-c6ccccc6)c5)c4)c3)nc(-c3ccccc3)c2-c2ccc3ccccc3c21. The highest BCUT2D eigenvalue weighted by molar-refractivity contribution is 7.04. The van der Waals surface area contributed by atoms with Crippen LogP contribution in [0.25, 0.3) is 89.1 Å². The molecule has 0 fully saturated rings. The van der Waals surface area contributed by atoms with E-state index in [0.29, 0.717) is 0 Å². The van der Waals surface area contributed by atoms with Crippen LogP contribution in [0.2, 0.25) is 13.1 Å². The van der Waals surface area contributed by atoms with Gasteiger partial charge in [-0.25, -0.2) is 9.97 Å². The van der Waals surface area contributed by atoms with Crippen molar-refractivity contribution in [2.45, 2.75) is 13.1 Å². The summed E-state index contributed by atoms with van der Waals surface area (Å²) < 4.78 is 0. The van der Waals surface area contributed by atoms with Gasteiger partial charge in [0.15, 0.2) is 5.82 Å². The van der Waals surface area contributed by atoms with Crippen molar-refractivity contribution in [1.82, 2.24) is 9.97 Å². The van der Waals surface area contributed by atoms with Crippen molar-refractivity contribution < 1.29 is 0 Å². The molecule has 0 saturated carbocycles. The molecule has 10 rings (SSSR count). The minimum Gasteiger partial charge on any atom is -0.237 e. The van der Waals surface area contributed by atoms with Gasteiger partial charge in [-0.3, -0.25) is 0 Å². The molecule has 9 aromatic rings. The fraction of sp³-hybridized carbons (Fsp3) is 0.0385. The molecule has 0 unspecified atom stereocenters. The molecule has 55 heavy (non-hydrogen) atoms. The molecule has 0 amide bonds. The fourth-order valence-corrected chi connectivity index (χ4v) is 11.8. The van der Waals surface area contributed by atoms with Crippen molar-refractivity contribution in [1.29, 1.82) is 0 Å². The first-order valence-corrected chi connectivity index (χ1v) is 22.0. The molecule has 2 nitrogen and oxygen atoms in total. The second-order valence-electron chi connectivity index (χ2n) is 15.0. The van der Waals surface area contributed by atoms with Gasteiger partial charge < -0.3 is 0 Å². The summed E-state index contributed by atoms with van der Waals surface area (Å²) in [7, 11) is -2.21. The largest absolute Gasteiger partial charge is 0.237 e. The summed E-state index contributed by atoms with van der Waals surface area (Å²) >= 11 is 0. The maximum Gasteiger partial charge on any atom is 0.159 e. The fourth-order valence-electron chi connectivity index (χ4n) is 8.48. The molecule has 1 aromatic heterocycles. The van der Waals surface area contributed by atoms with E-state index in [2.05, 4.69) is 207 Å². The number of aromatic nitrogens is 2. The highest BCUT2D eigenvalue weighted by Crippen LogP contribution is 2.39. The highest BCUT2D eigenvalue weighted by Gasteiger charge is 2.42.